The van der Waals surface area contributed by atoms with Crippen molar-refractivity contribution in [3.05, 3.63) is 70.7 Å². The van der Waals surface area contributed by atoms with E-state index in [0.717, 1.165) is 15.2 Å². The quantitative estimate of drug-likeness (QED) is 0.326. The van der Waals surface area contributed by atoms with Crippen LogP contribution in [0.4, 0.5) is 0 Å². The van der Waals surface area contributed by atoms with Crippen LogP contribution in [0.3, 0.4) is 0 Å². The van der Waals surface area contributed by atoms with E-state index >= 15 is 0 Å². The van der Waals surface area contributed by atoms with Crippen LogP contribution in [0.5, 0.6) is 11.5 Å². The first kappa shape index (κ1) is 20.4. The van der Waals surface area contributed by atoms with Crippen LogP contribution in [0, 0.1) is 12.3 Å². The third-order valence-corrected chi connectivity index (χ3v) is 4.58. The SMILES string of the molecule is C#CCOc1ccc(Br)cc1C=NNC(=O)[C@@H](C)Oc1cccc2ccccc12. The molecule has 1 atom stereocenters. The third kappa shape index (κ3) is 5.37. The highest BCUT2D eigenvalue weighted by atomic mass is 79.9. The van der Waals surface area contributed by atoms with E-state index in [0.29, 0.717) is 17.1 Å². The monoisotopic (exact) mass is 450 g/mol. The number of hydrogen-bond acceptors (Lipinski definition) is 4. The lowest BCUT2D eigenvalue weighted by molar-refractivity contribution is -0.127. The van der Waals surface area contributed by atoms with E-state index in [1.165, 1.54) is 6.21 Å². The summed E-state index contributed by atoms with van der Waals surface area (Å²) in [6, 6.07) is 19.0. The number of amides is 1. The Kier molecular flexibility index (Phi) is 6.88. The van der Waals surface area contributed by atoms with Gasteiger partial charge in [0, 0.05) is 15.4 Å². The minimum atomic E-state index is -0.724. The van der Waals surface area contributed by atoms with Crippen LogP contribution in [0.15, 0.2) is 70.2 Å². The first-order valence-electron chi connectivity index (χ1n) is 8.91. The molecule has 0 aliphatic heterocycles. The molecule has 0 aliphatic carbocycles. The molecule has 0 bridgehead atoms. The first-order chi connectivity index (χ1) is 14.1. The zero-order valence-electron chi connectivity index (χ0n) is 15.8. The summed E-state index contributed by atoms with van der Waals surface area (Å²) in [4.78, 5) is 12.4. The van der Waals surface area contributed by atoms with Gasteiger partial charge in [-0.15, -0.1) is 6.42 Å². The van der Waals surface area contributed by atoms with Crippen LogP contribution in [-0.4, -0.2) is 24.8 Å². The smallest absolute Gasteiger partial charge is 0.280 e. The summed E-state index contributed by atoms with van der Waals surface area (Å²) in [6.07, 6.45) is 6.01. The van der Waals surface area contributed by atoms with Crippen LogP contribution >= 0.6 is 15.9 Å². The zero-order valence-corrected chi connectivity index (χ0v) is 17.3. The largest absolute Gasteiger partial charge is 0.480 e. The number of nitrogens with one attached hydrogen (secondary N) is 1. The highest BCUT2D eigenvalue weighted by Crippen LogP contribution is 2.26. The zero-order chi connectivity index (χ0) is 20.6. The second-order valence-corrected chi connectivity index (χ2v) is 7.06. The lowest BCUT2D eigenvalue weighted by Crippen LogP contribution is -2.33. The lowest BCUT2D eigenvalue weighted by atomic mass is 10.1. The molecule has 146 valence electrons. The molecular formula is C23H19BrN2O3. The Bertz CT molecular complexity index is 1080. The second kappa shape index (κ2) is 9.76. The number of nitrogens with zero attached hydrogens (tertiary/aromatic N) is 1. The predicted octanol–water partition coefficient (Wildman–Crippen LogP) is 4.53. The van der Waals surface area contributed by atoms with Gasteiger partial charge in [-0.2, -0.15) is 5.10 Å². The summed E-state index contributed by atoms with van der Waals surface area (Å²) in [5.74, 6) is 3.27. The fraction of sp³-hybridized carbons (Fsp3) is 0.130. The molecule has 0 spiro atoms. The number of hydrogen-bond donors (Lipinski definition) is 1. The molecule has 0 heterocycles. The highest BCUT2D eigenvalue weighted by molar-refractivity contribution is 9.10. The van der Waals surface area contributed by atoms with E-state index in [2.05, 4.69) is 32.4 Å². The number of halogens is 1. The molecule has 0 fully saturated rings. The number of rotatable bonds is 7. The molecule has 29 heavy (non-hydrogen) atoms. The fourth-order valence-electron chi connectivity index (χ4n) is 2.67. The molecule has 0 radical (unpaired) electrons. The number of ether oxygens (including phenoxy) is 2. The van der Waals surface area contributed by atoms with Crippen molar-refractivity contribution in [1.29, 1.82) is 0 Å². The molecule has 3 rings (SSSR count). The Balaban J connectivity index is 1.66. The van der Waals surface area contributed by atoms with E-state index in [1.807, 2.05) is 54.6 Å². The molecule has 5 nitrogen and oxygen atoms in total. The molecule has 1 amide bonds. The topological polar surface area (TPSA) is 59.9 Å². The van der Waals surface area contributed by atoms with Gasteiger partial charge in [0.15, 0.2) is 6.10 Å². The third-order valence-electron chi connectivity index (χ3n) is 4.08. The van der Waals surface area contributed by atoms with Gasteiger partial charge < -0.3 is 9.47 Å². The Labute approximate surface area is 177 Å². The Morgan fingerprint density at radius 2 is 2.00 bits per heavy atom. The molecule has 0 aromatic heterocycles. The van der Waals surface area contributed by atoms with Gasteiger partial charge >= 0.3 is 0 Å². The normalized spacial score (nSPS) is 11.8. The van der Waals surface area contributed by atoms with Crippen LogP contribution in [-0.2, 0) is 4.79 Å². The molecule has 3 aromatic rings. The number of carbonyl (C=O) groups excluding carboxylic acids is 1. The minimum Gasteiger partial charge on any atom is -0.480 e. The minimum absolute atomic E-state index is 0.144. The van der Waals surface area contributed by atoms with Crippen molar-refractivity contribution in [2.75, 3.05) is 6.61 Å². The van der Waals surface area contributed by atoms with Gasteiger partial charge in [-0.05, 0) is 36.6 Å². The van der Waals surface area contributed by atoms with Crippen molar-refractivity contribution in [1.82, 2.24) is 5.43 Å². The summed E-state index contributed by atoms with van der Waals surface area (Å²) in [5.41, 5.74) is 3.17. The Morgan fingerprint density at radius 1 is 1.21 bits per heavy atom. The average molecular weight is 451 g/mol. The molecule has 0 saturated carbocycles. The first-order valence-corrected chi connectivity index (χ1v) is 9.71. The summed E-state index contributed by atoms with van der Waals surface area (Å²) in [6.45, 7) is 1.82. The molecular weight excluding hydrogens is 432 g/mol. The number of benzene rings is 3. The van der Waals surface area contributed by atoms with Gasteiger partial charge in [0.25, 0.3) is 5.91 Å². The van der Waals surface area contributed by atoms with Gasteiger partial charge in [-0.25, -0.2) is 5.43 Å². The van der Waals surface area contributed by atoms with Crippen molar-refractivity contribution in [3.8, 4) is 23.8 Å². The van der Waals surface area contributed by atoms with Gasteiger partial charge in [-0.3, -0.25) is 4.79 Å². The van der Waals surface area contributed by atoms with Crippen molar-refractivity contribution in [2.45, 2.75) is 13.0 Å². The van der Waals surface area contributed by atoms with Crippen LogP contribution in [0.2, 0.25) is 0 Å². The van der Waals surface area contributed by atoms with Crippen molar-refractivity contribution in [3.63, 3.8) is 0 Å². The number of hydrazone groups is 1. The van der Waals surface area contributed by atoms with Gasteiger partial charge in [0.2, 0.25) is 0 Å². The molecule has 3 aromatic carbocycles. The summed E-state index contributed by atoms with van der Waals surface area (Å²) >= 11 is 3.40. The van der Waals surface area contributed by atoms with Crippen LogP contribution < -0.4 is 14.9 Å². The van der Waals surface area contributed by atoms with E-state index in [4.69, 9.17) is 15.9 Å². The van der Waals surface area contributed by atoms with E-state index in [1.54, 1.807) is 13.0 Å². The Morgan fingerprint density at radius 3 is 2.83 bits per heavy atom. The summed E-state index contributed by atoms with van der Waals surface area (Å²) in [5, 5.41) is 6.01. The highest BCUT2D eigenvalue weighted by Gasteiger charge is 2.15. The fourth-order valence-corrected chi connectivity index (χ4v) is 3.05. The molecule has 1 N–H and O–H groups in total. The number of carbonyl (C=O) groups is 1. The van der Waals surface area contributed by atoms with E-state index < -0.39 is 6.10 Å². The number of fused-ring (bicyclic) bond motifs is 1. The maximum atomic E-state index is 12.4. The maximum Gasteiger partial charge on any atom is 0.280 e. The Hall–Kier alpha value is -3.30. The van der Waals surface area contributed by atoms with Gasteiger partial charge in [0.05, 0.1) is 6.21 Å². The van der Waals surface area contributed by atoms with E-state index in [-0.39, 0.29) is 12.5 Å². The van der Waals surface area contributed by atoms with Gasteiger partial charge in [0.1, 0.15) is 18.1 Å². The molecule has 0 saturated heterocycles. The van der Waals surface area contributed by atoms with Crippen LogP contribution in [0.1, 0.15) is 12.5 Å². The molecule has 0 aliphatic rings. The van der Waals surface area contributed by atoms with Crippen molar-refractivity contribution < 1.29 is 14.3 Å². The molecule has 6 heteroatoms. The molecule has 0 unspecified atom stereocenters. The summed E-state index contributed by atoms with van der Waals surface area (Å²) in [7, 11) is 0. The van der Waals surface area contributed by atoms with Crippen LogP contribution in [0.25, 0.3) is 10.8 Å². The van der Waals surface area contributed by atoms with Crippen molar-refractivity contribution in [2.24, 2.45) is 5.10 Å². The predicted molar refractivity (Wildman–Crippen MR) is 118 cm³/mol. The standard InChI is InChI=1S/C23H19BrN2O3/c1-3-13-28-21-12-11-19(24)14-18(21)15-25-26-23(27)16(2)29-22-10-6-8-17-7-4-5-9-20(17)22/h1,4-12,14-16H,13H2,2H3,(H,26,27)/t16-/m1/s1. The van der Waals surface area contributed by atoms with Gasteiger partial charge in [-0.1, -0.05) is 58.2 Å². The maximum absolute atomic E-state index is 12.4. The van der Waals surface area contributed by atoms with Crippen molar-refractivity contribution >= 4 is 38.8 Å². The number of terminal acetylenes is 1. The average Bonchev–Trinajstić information content (AvgIpc) is 2.73. The summed E-state index contributed by atoms with van der Waals surface area (Å²) < 4.78 is 12.2. The second-order valence-electron chi connectivity index (χ2n) is 6.15. The van der Waals surface area contributed by atoms with E-state index in [9.17, 15) is 4.79 Å². The lowest BCUT2D eigenvalue weighted by Gasteiger charge is -2.14.